The molecule has 0 radical (unpaired) electrons. The molecule has 2 fully saturated rings. The van der Waals surface area contributed by atoms with Crippen LogP contribution in [0.15, 0.2) is 0 Å². The lowest BCUT2D eigenvalue weighted by Crippen LogP contribution is -2.49. The van der Waals surface area contributed by atoms with Crippen LogP contribution in [0.25, 0.3) is 0 Å². The zero-order valence-corrected chi connectivity index (χ0v) is 8.73. The third-order valence-corrected chi connectivity index (χ3v) is 4.14. The molecule has 0 aliphatic carbocycles. The molecule has 0 aromatic carbocycles. The van der Waals surface area contributed by atoms with E-state index in [0.717, 1.165) is 6.54 Å². The van der Waals surface area contributed by atoms with Gasteiger partial charge in [0.05, 0.1) is 13.2 Å². The highest BCUT2D eigenvalue weighted by molar-refractivity contribution is 7.97. The number of rotatable bonds is 1. The van der Waals surface area contributed by atoms with Gasteiger partial charge >= 0.3 is 0 Å². The lowest BCUT2D eigenvalue weighted by Gasteiger charge is -2.34. The summed E-state index contributed by atoms with van der Waals surface area (Å²) in [5.41, 5.74) is -0.317. The third kappa shape index (κ3) is 2.42. The van der Waals surface area contributed by atoms with Gasteiger partial charge in [-0.15, -0.1) is 0 Å². The molecule has 5 nitrogen and oxygen atoms in total. The van der Waals surface area contributed by atoms with Crippen molar-refractivity contribution in [1.29, 1.82) is 0 Å². The van der Waals surface area contributed by atoms with Crippen molar-refractivity contribution in [3.8, 4) is 0 Å². The van der Waals surface area contributed by atoms with E-state index in [1.165, 1.54) is 11.9 Å². The van der Waals surface area contributed by atoms with Crippen molar-refractivity contribution in [2.45, 2.75) is 5.56 Å². The van der Waals surface area contributed by atoms with E-state index >= 15 is 0 Å². The quantitative estimate of drug-likeness (QED) is 0.608. The minimum Gasteiger partial charge on any atom is -0.368 e. The van der Waals surface area contributed by atoms with Crippen molar-refractivity contribution in [3.63, 3.8) is 0 Å². The lowest BCUT2D eigenvalue weighted by atomic mass is 10.7. The first-order valence-electron chi connectivity index (χ1n) is 4.11. The first kappa shape index (κ1) is 9.88. The Kier molecular flexibility index (Phi) is 3.58. The SMILES string of the molecule is O=S1NCCOC1N1CCOCS1. The fraction of sp³-hybridized carbons (Fsp3) is 1.00. The fourth-order valence-corrected chi connectivity index (χ4v) is 3.27. The molecule has 2 aliphatic rings. The van der Waals surface area contributed by atoms with Gasteiger partial charge in [0, 0.05) is 13.1 Å². The van der Waals surface area contributed by atoms with Crippen LogP contribution in [-0.2, 0) is 20.5 Å². The van der Waals surface area contributed by atoms with Crippen molar-refractivity contribution >= 4 is 22.9 Å². The van der Waals surface area contributed by atoms with E-state index in [4.69, 9.17) is 9.47 Å². The van der Waals surface area contributed by atoms with E-state index in [1.54, 1.807) is 0 Å². The average molecular weight is 224 g/mol. The Hall–Kier alpha value is 0.340. The summed E-state index contributed by atoms with van der Waals surface area (Å²) in [7, 11) is -1.10. The predicted octanol–water partition coefficient (Wildman–Crippen LogP) is -0.509. The molecule has 2 heterocycles. The van der Waals surface area contributed by atoms with Crippen molar-refractivity contribution in [1.82, 2.24) is 9.03 Å². The van der Waals surface area contributed by atoms with Crippen LogP contribution in [0.4, 0.5) is 0 Å². The maximum atomic E-state index is 11.5. The third-order valence-electron chi connectivity index (χ3n) is 1.78. The number of hydrogen-bond acceptors (Lipinski definition) is 5. The summed E-state index contributed by atoms with van der Waals surface area (Å²) in [4.78, 5) is 0. The summed E-state index contributed by atoms with van der Waals surface area (Å²) < 4.78 is 26.9. The largest absolute Gasteiger partial charge is 0.368 e. The highest BCUT2D eigenvalue weighted by Gasteiger charge is 2.30. The second-order valence-corrected chi connectivity index (χ2v) is 4.92. The molecule has 0 bridgehead atoms. The van der Waals surface area contributed by atoms with Crippen LogP contribution in [0, 0.1) is 0 Å². The van der Waals surface area contributed by atoms with Gasteiger partial charge in [-0.05, 0) is 11.9 Å². The summed E-state index contributed by atoms with van der Waals surface area (Å²) in [6, 6.07) is 0. The van der Waals surface area contributed by atoms with Gasteiger partial charge in [-0.2, -0.15) is 0 Å². The van der Waals surface area contributed by atoms with E-state index in [2.05, 4.69) is 4.72 Å². The first-order chi connectivity index (χ1) is 6.38. The monoisotopic (exact) mass is 224 g/mol. The maximum absolute atomic E-state index is 11.5. The van der Waals surface area contributed by atoms with Crippen molar-refractivity contribution in [2.75, 3.05) is 32.2 Å². The smallest absolute Gasteiger partial charge is 0.211 e. The summed E-state index contributed by atoms with van der Waals surface area (Å²) in [6.07, 6.45) is 0. The second kappa shape index (κ2) is 4.72. The Bertz CT molecular complexity index is 198. The zero-order chi connectivity index (χ0) is 9.10. The van der Waals surface area contributed by atoms with Crippen LogP contribution >= 0.6 is 11.9 Å². The van der Waals surface area contributed by atoms with Gasteiger partial charge in [-0.1, -0.05) is 0 Å². The molecule has 76 valence electrons. The van der Waals surface area contributed by atoms with Crippen molar-refractivity contribution in [2.24, 2.45) is 0 Å². The number of nitrogens with zero attached hydrogens (tertiary/aromatic N) is 1. The molecule has 2 saturated heterocycles. The number of ether oxygens (including phenoxy) is 2. The van der Waals surface area contributed by atoms with Crippen LogP contribution < -0.4 is 4.72 Å². The van der Waals surface area contributed by atoms with E-state index in [0.29, 0.717) is 25.7 Å². The van der Waals surface area contributed by atoms with Gasteiger partial charge in [-0.3, -0.25) is 0 Å². The van der Waals surface area contributed by atoms with Crippen LogP contribution in [0.1, 0.15) is 0 Å². The van der Waals surface area contributed by atoms with Gasteiger partial charge < -0.3 is 9.47 Å². The Morgan fingerprint density at radius 3 is 3.15 bits per heavy atom. The van der Waals surface area contributed by atoms with Gasteiger partial charge in [-0.25, -0.2) is 13.2 Å². The molecule has 1 N–H and O–H groups in total. The van der Waals surface area contributed by atoms with Crippen molar-refractivity contribution < 1.29 is 13.7 Å². The molecule has 0 spiro atoms. The Morgan fingerprint density at radius 2 is 2.46 bits per heavy atom. The molecular weight excluding hydrogens is 212 g/mol. The Morgan fingerprint density at radius 1 is 1.54 bits per heavy atom. The molecule has 2 unspecified atom stereocenters. The highest BCUT2D eigenvalue weighted by atomic mass is 32.2. The van der Waals surface area contributed by atoms with Crippen LogP contribution in [0.5, 0.6) is 0 Å². The molecule has 7 heteroatoms. The van der Waals surface area contributed by atoms with E-state index in [9.17, 15) is 4.21 Å². The highest BCUT2D eigenvalue weighted by Crippen LogP contribution is 2.21. The average Bonchev–Trinajstić information content (AvgIpc) is 2.20. The number of hydrogen-bond donors (Lipinski definition) is 1. The minimum atomic E-state index is -1.10. The number of nitrogens with one attached hydrogen (secondary N) is 1. The zero-order valence-electron chi connectivity index (χ0n) is 7.10. The Balaban J connectivity index is 1.92. The predicted molar refractivity (Wildman–Crippen MR) is 51.0 cm³/mol. The van der Waals surface area contributed by atoms with Crippen LogP contribution in [0.2, 0.25) is 0 Å². The lowest BCUT2D eigenvalue weighted by molar-refractivity contribution is 0.0197. The van der Waals surface area contributed by atoms with E-state index in [-0.39, 0.29) is 5.56 Å². The molecule has 2 aliphatic heterocycles. The standard InChI is InChI=1S/C6H12N2O3S2/c9-13-6(11-3-1-7-13)8-2-4-10-5-12-8/h6-7H,1-5H2. The van der Waals surface area contributed by atoms with Gasteiger partial charge in [0.25, 0.3) is 0 Å². The molecule has 0 saturated carbocycles. The van der Waals surface area contributed by atoms with E-state index < -0.39 is 11.0 Å². The second-order valence-electron chi connectivity index (χ2n) is 2.67. The summed E-state index contributed by atoms with van der Waals surface area (Å²) in [5, 5.41) is 0. The topological polar surface area (TPSA) is 50.8 Å². The summed E-state index contributed by atoms with van der Waals surface area (Å²) in [6.45, 7) is 2.74. The molecule has 13 heavy (non-hydrogen) atoms. The molecule has 0 amide bonds. The molecule has 2 rings (SSSR count). The summed E-state index contributed by atoms with van der Waals surface area (Å²) in [5.74, 6) is 0.622. The van der Waals surface area contributed by atoms with Gasteiger partial charge in [0.15, 0.2) is 0 Å². The van der Waals surface area contributed by atoms with Crippen LogP contribution in [0.3, 0.4) is 0 Å². The maximum Gasteiger partial charge on any atom is 0.211 e. The first-order valence-corrected chi connectivity index (χ1v) is 6.26. The molecular formula is C6H12N2O3S2. The fourth-order valence-electron chi connectivity index (χ4n) is 1.17. The Labute approximate surface area is 83.9 Å². The summed E-state index contributed by atoms with van der Waals surface area (Å²) >= 11 is 1.53. The molecule has 0 aromatic heterocycles. The van der Waals surface area contributed by atoms with Gasteiger partial charge in [0.1, 0.15) is 16.9 Å². The van der Waals surface area contributed by atoms with E-state index in [1.807, 2.05) is 4.31 Å². The van der Waals surface area contributed by atoms with Gasteiger partial charge in [0.2, 0.25) is 5.56 Å². The molecule has 2 atom stereocenters. The minimum absolute atomic E-state index is 0.317. The van der Waals surface area contributed by atoms with Crippen molar-refractivity contribution in [3.05, 3.63) is 0 Å². The molecule has 0 aromatic rings. The van der Waals surface area contributed by atoms with Crippen LogP contribution in [-0.4, -0.2) is 46.3 Å². The normalized spacial score (nSPS) is 37.5.